The van der Waals surface area contributed by atoms with Crippen LogP contribution in [0.15, 0.2) is 71.6 Å². The van der Waals surface area contributed by atoms with Crippen molar-refractivity contribution in [3.63, 3.8) is 0 Å². The summed E-state index contributed by atoms with van der Waals surface area (Å²) in [5, 5.41) is 3.06. The molecule has 0 fully saturated rings. The molecule has 0 aliphatic carbocycles. The molecule has 1 aromatic carbocycles. The van der Waals surface area contributed by atoms with E-state index in [2.05, 4.69) is 26.2 Å². The Hall–Kier alpha value is -2.22. The smallest absolute Gasteiger partial charge is 0.242 e. The second-order valence-electron chi connectivity index (χ2n) is 6.04. The van der Waals surface area contributed by atoms with Crippen LogP contribution in [0.3, 0.4) is 0 Å². The summed E-state index contributed by atoms with van der Waals surface area (Å²) in [5.41, 5.74) is 3.29. The Morgan fingerprint density at radius 3 is 2.67 bits per heavy atom. The zero-order chi connectivity index (χ0) is 19.3. The predicted molar refractivity (Wildman–Crippen MR) is 113 cm³/mol. The summed E-state index contributed by atoms with van der Waals surface area (Å²) in [4.78, 5) is 4.08. The molecule has 3 rings (SSSR count). The van der Waals surface area contributed by atoms with E-state index in [4.69, 9.17) is 0 Å². The number of nitrogens with zero attached hydrogens (tertiary/aromatic N) is 2. The maximum atomic E-state index is 13.0. The molecule has 0 unspecified atom stereocenters. The second kappa shape index (κ2) is 8.65. The third kappa shape index (κ3) is 4.94. The molecule has 0 saturated heterocycles. The van der Waals surface area contributed by atoms with Crippen molar-refractivity contribution in [2.75, 3.05) is 12.8 Å². The van der Waals surface area contributed by atoms with Crippen molar-refractivity contribution in [3.05, 3.63) is 82.7 Å². The van der Waals surface area contributed by atoms with Gasteiger partial charge in [-0.05, 0) is 51.8 Å². The monoisotopic (exact) mass is 445 g/mol. The van der Waals surface area contributed by atoms with Crippen molar-refractivity contribution in [1.82, 2.24) is 14.3 Å². The summed E-state index contributed by atoms with van der Waals surface area (Å²) in [6.45, 7) is 0.599. The van der Waals surface area contributed by atoms with Gasteiger partial charge in [-0.15, -0.1) is 0 Å². The van der Waals surface area contributed by atoms with Gasteiger partial charge < -0.3 is 5.32 Å². The minimum absolute atomic E-state index is 0.104. The third-order valence-corrected chi connectivity index (χ3v) is 5.88. The Kier molecular flexibility index (Phi) is 6.26. The van der Waals surface area contributed by atoms with Crippen LogP contribution >= 0.6 is 15.9 Å². The van der Waals surface area contributed by atoms with Crippen LogP contribution in [-0.4, -0.2) is 30.2 Å². The maximum Gasteiger partial charge on any atom is 0.242 e. The van der Waals surface area contributed by atoms with Gasteiger partial charge in [-0.1, -0.05) is 42.5 Å². The number of pyridine rings is 1. The molecule has 0 bridgehead atoms. The Morgan fingerprint density at radius 2 is 1.96 bits per heavy atom. The zero-order valence-electron chi connectivity index (χ0n) is 14.8. The molecule has 27 heavy (non-hydrogen) atoms. The normalized spacial score (nSPS) is 11.9. The predicted octanol–water partition coefficient (Wildman–Crippen LogP) is 3.92. The first-order valence-electron chi connectivity index (χ1n) is 8.41. The molecule has 1 N–H and O–H groups in total. The fraction of sp³-hybridized carbons (Fsp3) is 0.150. The van der Waals surface area contributed by atoms with Gasteiger partial charge in [-0.25, -0.2) is 12.4 Å². The zero-order valence-corrected chi connectivity index (χ0v) is 17.2. The summed E-state index contributed by atoms with van der Waals surface area (Å²) < 4.78 is 28.2. The molecule has 0 atom stereocenters. The Bertz CT molecular complexity index is 1040. The van der Waals surface area contributed by atoms with Gasteiger partial charge in [0.2, 0.25) is 10.0 Å². The van der Waals surface area contributed by atoms with Gasteiger partial charge in [-0.2, -0.15) is 0 Å². The van der Waals surface area contributed by atoms with Crippen LogP contribution in [-0.2, 0) is 16.6 Å². The van der Waals surface area contributed by atoms with Crippen molar-refractivity contribution in [3.8, 4) is 11.3 Å². The van der Waals surface area contributed by atoms with E-state index in [1.54, 1.807) is 30.7 Å². The standard InChI is InChI=1S/C20H20BrN3O2S/c1-22-12-17-11-20(18-7-3-2-4-8-18)24(15-17)27(25,26)9-5-6-16-10-19(21)14-23-13-16/h2-8,10-11,13-15,22H,9,12H2,1H3. The van der Waals surface area contributed by atoms with Crippen LogP contribution in [0.25, 0.3) is 17.3 Å². The molecule has 140 valence electrons. The first-order valence-corrected chi connectivity index (χ1v) is 10.8. The molecule has 0 radical (unpaired) electrons. The molecule has 0 aliphatic heterocycles. The average Bonchev–Trinajstić information content (AvgIpc) is 3.08. The fourth-order valence-corrected chi connectivity index (χ4v) is 4.39. The van der Waals surface area contributed by atoms with Crippen LogP contribution in [0.2, 0.25) is 0 Å². The quantitative estimate of drug-likeness (QED) is 0.598. The van der Waals surface area contributed by atoms with E-state index >= 15 is 0 Å². The summed E-state index contributed by atoms with van der Waals surface area (Å²) >= 11 is 3.36. The molecule has 2 heterocycles. The highest BCUT2D eigenvalue weighted by molar-refractivity contribution is 9.10. The van der Waals surface area contributed by atoms with E-state index in [1.165, 1.54) is 3.97 Å². The molecular formula is C20H20BrN3O2S. The largest absolute Gasteiger partial charge is 0.316 e. The van der Waals surface area contributed by atoms with Crippen LogP contribution in [0.4, 0.5) is 0 Å². The first kappa shape index (κ1) is 19.5. The summed E-state index contributed by atoms with van der Waals surface area (Å²) in [6.07, 6.45) is 8.46. The van der Waals surface area contributed by atoms with Crippen LogP contribution in [0.5, 0.6) is 0 Å². The van der Waals surface area contributed by atoms with Crippen molar-refractivity contribution < 1.29 is 8.42 Å². The molecule has 0 saturated carbocycles. The topological polar surface area (TPSA) is 64.0 Å². The van der Waals surface area contributed by atoms with E-state index in [9.17, 15) is 8.42 Å². The lowest BCUT2D eigenvalue weighted by Gasteiger charge is -2.09. The minimum Gasteiger partial charge on any atom is -0.316 e. The number of halogens is 1. The van der Waals surface area contributed by atoms with Gasteiger partial charge in [0.1, 0.15) is 0 Å². The van der Waals surface area contributed by atoms with Gasteiger partial charge in [0.05, 0.1) is 11.4 Å². The third-order valence-electron chi connectivity index (χ3n) is 3.94. The van der Waals surface area contributed by atoms with Crippen LogP contribution < -0.4 is 5.32 Å². The van der Waals surface area contributed by atoms with Gasteiger partial charge >= 0.3 is 0 Å². The number of hydrogen-bond donors (Lipinski definition) is 1. The van der Waals surface area contributed by atoms with Gasteiger partial charge in [0, 0.05) is 29.6 Å². The van der Waals surface area contributed by atoms with Crippen molar-refractivity contribution >= 4 is 32.0 Å². The number of aromatic nitrogens is 2. The summed E-state index contributed by atoms with van der Waals surface area (Å²) in [5.74, 6) is -0.104. The van der Waals surface area contributed by atoms with Crippen LogP contribution in [0.1, 0.15) is 11.1 Å². The van der Waals surface area contributed by atoms with Crippen LogP contribution in [0, 0.1) is 0 Å². The van der Waals surface area contributed by atoms with Crippen molar-refractivity contribution in [1.29, 1.82) is 0 Å². The molecule has 0 amide bonds. The molecular weight excluding hydrogens is 426 g/mol. The molecule has 0 spiro atoms. The van der Waals surface area contributed by atoms with Gasteiger partial charge in [0.15, 0.2) is 0 Å². The van der Waals surface area contributed by atoms with E-state index < -0.39 is 10.0 Å². The fourth-order valence-electron chi connectivity index (χ4n) is 2.75. The lowest BCUT2D eigenvalue weighted by atomic mass is 10.1. The highest BCUT2D eigenvalue weighted by Crippen LogP contribution is 2.24. The average molecular weight is 446 g/mol. The summed E-state index contributed by atoms with van der Waals surface area (Å²) in [6, 6.07) is 13.3. The Labute approximate surface area is 167 Å². The highest BCUT2D eigenvalue weighted by Gasteiger charge is 2.18. The molecule has 3 aromatic rings. The summed E-state index contributed by atoms with van der Waals surface area (Å²) in [7, 11) is -1.71. The molecule has 7 heteroatoms. The van der Waals surface area contributed by atoms with Crippen molar-refractivity contribution in [2.24, 2.45) is 0 Å². The number of rotatable bonds is 7. The van der Waals surface area contributed by atoms with E-state index in [-0.39, 0.29) is 5.75 Å². The molecule has 5 nitrogen and oxygen atoms in total. The maximum absolute atomic E-state index is 13.0. The number of nitrogens with one attached hydrogen (secondary N) is 1. The van der Waals surface area contributed by atoms with Gasteiger partial charge in [0.25, 0.3) is 0 Å². The highest BCUT2D eigenvalue weighted by atomic mass is 79.9. The van der Waals surface area contributed by atoms with E-state index in [0.29, 0.717) is 12.2 Å². The van der Waals surface area contributed by atoms with E-state index in [0.717, 1.165) is 21.2 Å². The number of benzene rings is 1. The lowest BCUT2D eigenvalue weighted by Crippen LogP contribution is -2.15. The van der Waals surface area contributed by atoms with Gasteiger partial charge in [-0.3, -0.25) is 4.98 Å². The lowest BCUT2D eigenvalue weighted by molar-refractivity contribution is 0.591. The minimum atomic E-state index is -3.55. The van der Waals surface area contributed by atoms with E-state index in [1.807, 2.05) is 49.5 Å². The Balaban J connectivity index is 1.91. The second-order valence-corrected chi connectivity index (χ2v) is 8.85. The van der Waals surface area contributed by atoms with Crippen molar-refractivity contribution in [2.45, 2.75) is 6.54 Å². The Morgan fingerprint density at radius 1 is 1.19 bits per heavy atom. The molecule has 0 aliphatic rings. The SMILES string of the molecule is CNCc1cc(-c2ccccc2)n(S(=O)(=O)CC=Cc2cncc(Br)c2)c1. The molecule has 2 aromatic heterocycles. The number of hydrogen-bond acceptors (Lipinski definition) is 4. The first-order chi connectivity index (χ1) is 13.0.